The lowest BCUT2D eigenvalue weighted by Gasteiger charge is -2.26. The number of carbonyl (C=O) groups excluding carboxylic acids is 1. The molecule has 0 bridgehead atoms. The van der Waals surface area contributed by atoms with Gasteiger partial charge in [0.05, 0.1) is 23.5 Å². The van der Waals surface area contributed by atoms with E-state index in [0.717, 1.165) is 17.2 Å². The van der Waals surface area contributed by atoms with Gasteiger partial charge in [0.2, 0.25) is 10.0 Å². The molecule has 8 nitrogen and oxygen atoms in total. The molecule has 0 radical (unpaired) electrons. The van der Waals surface area contributed by atoms with Crippen LogP contribution in [0.15, 0.2) is 56.6 Å². The molecule has 0 saturated carbocycles. The second-order valence-corrected chi connectivity index (χ2v) is 9.29. The van der Waals surface area contributed by atoms with E-state index in [1.54, 1.807) is 6.07 Å². The molecule has 0 aliphatic carbocycles. The normalized spacial score (nSPS) is 15.2. The highest BCUT2D eigenvalue weighted by Crippen LogP contribution is 2.22. The number of nitrogens with zero attached hydrogens (tertiary/aromatic N) is 1. The van der Waals surface area contributed by atoms with Gasteiger partial charge in [-0.2, -0.15) is 4.31 Å². The van der Waals surface area contributed by atoms with Gasteiger partial charge in [0, 0.05) is 24.8 Å². The third-order valence-electron chi connectivity index (χ3n) is 5.36. The fourth-order valence-corrected chi connectivity index (χ4v) is 4.81. The van der Waals surface area contributed by atoms with Gasteiger partial charge in [-0.1, -0.05) is 6.07 Å². The van der Waals surface area contributed by atoms with Crippen LogP contribution in [0.1, 0.15) is 21.7 Å². The summed E-state index contributed by atoms with van der Waals surface area (Å²) in [7, 11) is -3.62. The molecule has 2 aromatic carbocycles. The number of ether oxygens (including phenoxy) is 1. The smallest absolute Gasteiger partial charge is 0.291 e. The van der Waals surface area contributed by atoms with Gasteiger partial charge in [-0.3, -0.25) is 9.59 Å². The van der Waals surface area contributed by atoms with E-state index in [-0.39, 0.29) is 16.1 Å². The van der Waals surface area contributed by atoms with Crippen LogP contribution in [0.25, 0.3) is 11.0 Å². The van der Waals surface area contributed by atoms with Gasteiger partial charge in [0.15, 0.2) is 11.2 Å². The van der Waals surface area contributed by atoms with Crippen LogP contribution in [-0.2, 0) is 14.8 Å². The molecule has 1 saturated heterocycles. The van der Waals surface area contributed by atoms with Gasteiger partial charge in [-0.15, -0.1) is 0 Å². The van der Waals surface area contributed by atoms with Crippen molar-refractivity contribution in [3.05, 3.63) is 69.6 Å². The van der Waals surface area contributed by atoms with Gasteiger partial charge in [-0.05, 0) is 55.3 Å². The Balaban J connectivity index is 1.57. The minimum Gasteiger partial charge on any atom is -0.450 e. The van der Waals surface area contributed by atoms with E-state index in [1.807, 2.05) is 19.9 Å². The van der Waals surface area contributed by atoms with Crippen molar-refractivity contribution in [1.82, 2.24) is 4.31 Å². The Hall–Kier alpha value is -3.01. The summed E-state index contributed by atoms with van der Waals surface area (Å²) in [4.78, 5) is 25.2. The molecule has 0 spiro atoms. The summed E-state index contributed by atoms with van der Waals surface area (Å²) in [5, 5.41) is 3.06. The van der Waals surface area contributed by atoms with Crippen LogP contribution in [0.4, 0.5) is 5.69 Å². The number of anilines is 1. The maximum atomic E-state index is 12.7. The number of morpholine rings is 1. The number of hydrogen-bond donors (Lipinski definition) is 1. The summed E-state index contributed by atoms with van der Waals surface area (Å²) in [6.45, 7) is 5.07. The zero-order chi connectivity index (χ0) is 22.2. The molecule has 1 aromatic heterocycles. The largest absolute Gasteiger partial charge is 0.450 e. The number of carbonyl (C=O) groups is 1. The van der Waals surface area contributed by atoms with E-state index in [4.69, 9.17) is 9.15 Å². The number of nitrogens with one attached hydrogen (secondary N) is 1. The number of amides is 1. The monoisotopic (exact) mass is 442 g/mol. The summed E-state index contributed by atoms with van der Waals surface area (Å²) in [6, 6.07) is 10.5. The molecular formula is C22H22N2O6S. The molecule has 1 aliphatic heterocycles. The number of benzene rings is 2. The van der Waals surface area contributed by atoms with Crippen LogP contribution in [0, 0.1) is 13.8 Å². The lowest BCUT2D eigenvalue weighted by molar-refractivity contribution is 0.0730. The molecule has 2 heterocycles. The Kier molecular flexibility index (Phi) is 5.65. The zero-order valence-electron chi connectivity index (χ0n) is 17.2. The molecule has 1 amide bonds. The fourth-order valence-electron chi connectivity index (χ4n) is 3.40. The molecule has 0 unspecified atom stereocenters. The number of hydrogen-bond acceptors (Lipinski definition) is 6. The summed E-state index contributed by atoms with van der Waals surface area (Å²) in [6.07, 6.45) is 0. The molecule has 3 aromatic rings. The second kappa shape index (κ2) is 8.26. The van der Waals surface area contributed by atoms with Gasteiger partial charge < -0.3 is 14.5 Å². The molecule has 1 N–H and O–H groups in total. The molecule has 162 valence electrons. The number of rotatable bonds is 4. The SMILES string of the molecule is Cc1ccc2c(=O)cc(C(=O)Nc3ccc(S(=O)(=O)N4CCOCC4)cc3)oc2c1C. The number of aryl methyl sites for hydroxylation is 2. The number of sulfonamides is 1. The van der Waals surface area contributed by atoms with E-state index < -0.39 is 15.9 Å². The molecule has 1 aliphatic rings. The first-order valence-corrected chi connectivity index (χ1v) is 11.2. The third kappa shape index (κ3) is 4.12. The topological polar surface area (TPSA) is 106 Å². The zero-order valence-corrected chi connectivity index (χ0v) is 18.0. The van der Waals surface area contributed by atoms with Gasteiger partial charge in [-0.25, -0.2) is 8.42 Å². The fraction of sp³-hybridized carbons (Fsp3) is 0.273. The van der Waals surface area contributed by atoms with Crippen LogP contribution < -0.4 is 10.7 Å². The standard InChI is InChI=1S/C22H22N2O6S/c1-14-3-8-18-19(25)13-20(30-21(18)15(14)2)22(26)23-16-4-6-17(7-5-16)31(27,28)24-9-11-29-12-10-24/h3-8,13H,9-12H2,1-2H3,(H,23,26). The Morgan fingerprint density at radius 2 is 1.71 bits per heavy atom. The molecule has 4 rings (SSSR count). The van der Waals surface area contributed by atoms with Crippen molar-refractivity contribution in [2.75, 3.05) is 31.6 Å². The van der Waals surface area contributed by atoms with Crippen molar-refractivity contribution in [1.29, 1.82) is 0 Å². The Bertz CT molecular complexity index is 1310. The van der Waals surface area contributed by atoms with Crippen molar-refractivity contribution in [3.8, 4) is 0 Å². The lowest BCUT2D eigenvalue weighted by Crippen LogP contribution is -2.40. The molecule has 31 heavy (non-hydrogen) atoms. The van der Waals surface area contributed by atoms with Gasteiger partial charge in [0.25, 0.3) is 5.91 Å². The van der Waals surface area contributed by atoms with Crippen LogP contribution in [0.5, 0.6) is 0 Å². The lowest BCUT2D eigenvalue weighted by atomic mass is 10.1. The summed E-state index contributed by atoms with van der Waals surface area (Å²) in [5.41, 5.74) is 2.20. The Labute approximate surface area is 179 Å². The van der Waals surface area contributed by atoms with E-state index in [9.17, 15) is 18.0 Å². The maximum absolute atomic E-state index is 12.7. The molecule has 1 fully saturated rings. The van der Waals surface area contributed by atoms with E-state index in [2.05, 4.69) is 5.32 Å². The molecule has 9 heteroatoms. The molecule has 0 atom stereocenters. The maximum Gasteiger partial charge on any atom is 0.291 e. The first-order chi connectivity index (χ1) is 14.8. The minimum atomic E-state index is -3.62. The third-order valence-corrected chi connectivity index (χ3v) is 7.27. The van der Waals surface area contributed by atoms with Crippen LogP contribution in [0.3, 0.4) is 0 Å². The average Bonchev–Trinajstić information content (AvgIpc) is 2.77. The highest BCUT2D eigenvalue weighted by molar-refractivity contribution is 7.89. The Morgan fingerprint density at radius 3 is 2.39 bits per heavy atom. The summed E-state index contributed by atoms with van der Waals surface area (Å²) < 4.78 is 37.7. The van der Waals surface area contributed by atoms with Crippen molar-refractivity contribution < 1.29 is 22.4 Å². The predicted molar refractivity (Wildman–Crippen MR) is 116 cm³/mol. The highest BCUT2D eigenvalue weighted by atomic mass is 32.2. The second-order valence-electron chi connectivity index (χ2n) is 7.35. The van der Waals surface area contributed by atoms with Crippen LogP contribution in [0.2, 0.25) is 0 Å². The van der Waals surface area contributed by atoms with Crippen molar-refractivity contribution >= 4 is 32.6 Å². The van der Waals surface area contributed by atoms with Crippen LogP contribution in [-0.4, -0.2) is 44.9 Å². The van der Waals surface area contributed by atoms with Crippen molar-refractivity contribution in [2.24, 2.45) is 0 Å². The molecular weight excluding hydrogens is 420 g/mol. The Morgan fingerprint density at radius 1 is 1.03 bits per heavy atom. The van der Waals surface area contributed by atoms with E-state index in [0.29, 0.717) is 43.0 Å². The summed E-state index contributed by atoms with van der Waals surface area (Å²) >= 11 is 0. The van der Waals surface area contributed by atoms with Crippen molar-refractivity contribution in [3.63, 3.8) is 0 Å². The first kappa shape index (κ1) is 21.2. The summed E-state index contributed by atoms with van der Waals surface area (Å²) in [5.74, 6) is -0.708. The first-order valence-electron chi connectivity index (χ1n) is 9.81. The van der Waals surface area contributed by atoms with Gasteiger partial charge in [0.1, 0.15) is 5.58 Å². The van der Waals surface area contributed by atoms with E-state index >= 15 is 0 Å². The highest BCUT2D eigenvalue weighted by Gasteiger charge is 2.26. The minimum absolute atomic E-state index is 0.115. The van der Waals surface area contributed by atoms with Gasteiger partial charge >= 0.3 is 0 Å². The number of fused-ring (bicyclic) bond motifs is 1. The van der Waals surface area contributed by atoms with Crippen molar-refractivity contribution in [2.45, 2.75) is 18.7 Å². The van der Waals surface area contributed by atoms with Crippen LogP contribution >= 0.6 is 0 Å². The average molecular weight is 442 g/mol. The predicted octanol–water partition coefficient (Wildman–Crippen LogP) is 2.68. The van der Waals surface area contributed by atoms with E-state index in [1.165, 1.54) is 28.6 Å². The quantitative estimate of drug-likeness (QED) is 0.666.